The fraction of sp³-hybridized carbons (Fsp3) is 0.407. The Balaban J connectivity index is 1.50. The Morgan fingerprint density at radius 2 is 1.81 bits per heavy atom. The molecule has 2 fully saturated rings. The number of rotatable bonds is 7. The molecule has 0 aromatic heterocycles. The van der Waals surface area contributed by atoms with Gasteiger partial charge in [-0.2, -0.15) is 0 Å². The summed E-state index contributed by atoms with van der Waals surface area (Å²) in [7, 11) is 0. The molecule has 0 radical (unpaired) electrons. The monoisotopic (exact) mass is 416 g/mol. The Kier molecular flexibility index (Phi) is 6.26. The van der Waals surface area contributed by atoms with E-state index in [1.165, 1.54) is 16.7 Å². The van der Waals surface area contributed by atoms with Crippen LogP contribution in [0.1, 0.15) is 36.8 Å². The highest BCUT2D eigenvalue weighted by Crippen LogP contribution is 2.38. The first-order chi connectivity index (χ1) is 15.0. The summed E-state index contributed by atoms with van der Waals surface area (Å²) >= 11 is 0. The third-order valence-electron chi connectivity index (χ3n) is 6.70. The van der Waals surface area contributed by atoms with Crippen molar-refractivity contribution in [1.82, 2.24) is 10.2 Å². The predicted molar refractivity (Wildman–Crippen MR) is 124 cm³/mol. The molecule has 2 amide bonds. The van der Waals surface area contributed by atoms with Gasteiger partial charge in [0, 0.05) is 25.6 Å². The predicted octanol–water partition coefficient (Wildman–Crippen LogP) is 4.53. The Labute approximate surface area is 185 Å². The maximum absolute atomic E-state index is 13.2. The van der Waals surface area contributed by atoms with Gasteiger partial charge in [0.05, 0.1) is 5.41 Å². The van der Waals surface area contributed by atoms with Crippen LogP contribution in [0.5, 0.6) is 0 Å². The molecule has 0 unspecified atom stereocenters. The number of carbonyl (C=O) groups is 2. The van der Waals surface area contributed by atoms with E-state index in [1.54, 1.807) is 6.08 Å². The maximum Gasteiger partial charge on any atom is 0.226 e. The summed E-state index contributed by atoms with van der Waals surface area (Å²) in [6.45, 7) is 7.62. The molecule has 4 rings (SSSR count). The molecule has 4 nitrogen and oxygen atoms in total. The topological polar surface area (TPSA) is 49.4 Å². The summed E-state index contributed by atoms with van der Waals surface area (Å²) in [5.74, 6) is 0.590. The quantitative estimate of drug-likeness (QED) is 0.675. The van der Waals surface area contributed by atoms with Crippen LogP contribution in [0, 0.1) is 18.3 Å². The summed E-state index contributed by atoms with van der Waals surface area (Å²) in [5.41, 5.74) is 4.31. The second kappa shape index (κ2) is 9.09. The van der Waals surface area contributed by atoms with E-state index < -0.39 is 5.41 Å². The molecule has 2 aromatic carbocycles. The van der Waals surface area contributed by atoms with Crippen LogP contribution in [0.15, 0.2) is 61.2 Å². The van der Waals surface area contributed by atoms with Crippen molar-refractivity contribution in [3.63, 3.8) is 0 Å². The molecule has 1 heterocycles. The zero-order valence-corrected chi connectivity index (χ0v) is 18.4. The Hall–Kier alpha value is -2.88. The minimum absolute atomic E-state index is 0.0775. The third kappa shape index (κ3) is 4.90. The van der Waals surface area contributed by atoms with Gasteiger partial charge in [-0.15, -0.1) is 6.58 Å². The number of nitrogens with zero attached hydrogens (tertiary/aromatic N) is 1. The number of aryl methyl sites for hydroxylation is 1. The molecule has 162 valence electrons. The van der Waals surface area contributed by atoms with Gasteiger partial charge in [0.2, 0.25) is 11.8 Å². The van der Waals surface area contributed by atoms with Gasteiger partial charge in [-0.05, 0) is 55.7 Å². The average Bonchev–Trinajstić information content (AvgIpc) is 3.63. The van der Waals surface area contributed by atoms with E-state index >= 15 is 0 Å². The van der Waals surface area contributed by atoms with Gasteiger partial charge >= 0.3 is 0 Å². The molecule has 2 aromatic rings. The van der Waals surface area contributed by atoms with Gasteiger partial charge in [-0.1, -0.05) is 60.2 Å². The molecule has 0 bridgehead atoms. The molecule has 2 aliphatic rings. The molecule has 4 heteroatoms. The largest absolute Gasteiger partial charge is 0.352 e. The van der Waals surface area contributed by atoms with Crippen LogP contribution >= 0.6 is 0 Å². The molecule has 31 heavy (non-hydrogen) atoms. The van der Waals surface area contributed by atoms with Crippen molar-refractivity contribution < 1.29 is 9.59 Å². The van der Waals surface area contributed by atoms with Crippen molar-refractivity contribution in [1.29, 1.82) is 0 Å². The highest BCUT2D eigenvalue weighted by Gasteiger charge is 2.44. The minimum Gasteiger partial charge on any atom is -0.352 e. The molecule has 1 N–H and O–H groups in total. The van der Waals surface area contributed by atoms with Crippen LogP contribution < -0.4 is 5.32 Å². The molecular formula is C27H32N2O2. The van der Waals surface area contributed by atoms with Crippen molar-refractivity contribution in [3.05, 3.63) is 72.3 Å². The van der Waals surface area contributed by atoms with E-state index in [-0.39, 0.29) is 17.7 Å². The first-order valence-corrected chi connectivity index (χ1v) is 11.3. The number of benzene rings is 2. The number of hydrogen-bond acceptors (Lipinski definition) is 2. The zero-order chi connectivity index (χ0) is 21.8. The van der Waals surface area contributed by atoms with Crippen LogP contribution in [0.3, 0.4) is 0 Å². The van der Waals surface area contributed by atoms with Crippen LogP contribution in [-0.4, -0.2) is 36.3 Å². The van der Waals surface area contributed by atoms with Crippen LogP contribution in [0.25, 0.3) is 11.1 Å². The lowest BCUT2D eigenvalue weighted by Gasteiger charge is -2.41. The number of hydrogen-bond donors (Lipinski definition) is 1. The summed E-state index contributed by atoms with van der Waals surface area (Å²) in [6.07, 6.45) is 5.85. The van der Waals surface area contributed by atoms with Crippen LogP contribution in [0.4, 0.5) is 0 Å². The summed E-state index contributed by atoms with van der Waals surface area (Å²) in [4.78, 5) is 27.6. The third-order valence-corrected chi connectivity index (χ3v) is 6.70. The first-order valence-electron chi connectivity index (χ1n) is 11.3. The van der Waals surface area contributed by atoms with Gasteiger partial charge in [-0.3, -0.25) is 9.59 Å². The van der Waals surface area contributed by atoms with Crippen LogP contribution in [-0.2, 0) is 16.0 Å². The highest BCUT2D eigenvalue weighted by molar-refractivity contribution is 5.85. The number of amides is 2. The van der Waals surface area contributed by atoms with E-state index in [0.717, 1.165) is 18.4 Å². The molecule has 1 saturated carbocycles. The van der Waals surface area contributed by atoms with E-state index in [1.807, 2.05) is 4.90 Å². The van der Waals surface area contributed by atoms with E-state index in [0.29, 0.717) is 38.9 Å². The van der Waals surface area contributed by atoms with Crippen molar-refractivity contribution in [2.75, 3.05) is 19.6 Å². The smallest absolute Gasteiger partial charge is 0.226 e. The number of likely N-dealkylation sites (tertiary alicyclic amines) is 1. The van der Waals surface area contributed by atoms with Gasteiger partial charge in [0.25, 0.3) is 0 Å². The Morgan fingerprint density at radius 3 is 2.42 bits per heavy atom. The first kappa shape index (κ1) is 21.4. The second-order valence-corrected chi connectivity index (χ2v) is 9.12. The highest BCUT2D eigenvalue weighted by atomic mass is 16.2. The number of nitrogens with one attached hydrogen (secondary N) is 1. The van der Waals surface area contributed by atoms with Crippen molar-refractivity contribution in [2.24, 2.45) is 11.3 Å². The Morgan fingerprint density at radius 1 is 1.10 bits per heavy atom. The SMILES string of the molecule is C=CCNC(=O)C1(Cc2ccc(-c3cccc(C)c3)cc2)CCN(C(=O)C2CC2)CC1. The van der Waals surface area contributed by atoms with E-state index in [9.17, 15) is 9.59 Å². The van der Waals surface area contributed by atoms with E-state index in [2.05, 4.69) is 67.4 Å². The van der Waals surface area contributed by atoms with E-state index in [4.69, 9.17) is 0 Å². The maximum atomic E-state index is 13.2. The van der Waals surface area contributed by atoms with Gasteiger partial charge in [0.1, 0.15) is 0 Å². The van der Waals surface area contributed by atoms with Crippen molar-refractivity contribution in [2.45, 2.75) is 39.0 Å². The number of piperidine rings is 1. The lowest BCUT2D eigenvalue weighted by molar-refractivity contribution is -0.141. The molecule has 1 aliphatic carbocycles. The zero-order valence-electron chi connectivity index (χ0n) is 18.4. The second-order valence-electron chi connectivity index (χ2n) is 9.12. The molecule has 1 aliphatic heterocycles. The normalized spacial score (nSPS) is 17.8. The summed E-state index contributed by atoms with van der Waals surface area (Å²) in [6, 6.07) is 17.1. The lowest BCUT2D eigenvalue weighted by atomic mass is 9.72. The lowest BCUT2D eigenvalue weighted by Crippen LogP contribution is -2.51. The van der Waals surface area contributed by atoms with Crippen molar-refractivity contribution >= 4 is 11.8 Å². The summed E-state index contributed by atoms with van der Waals surface area (Å²) in [5, 5.41) is 3.03. The fourth-order valence-electron chi connectivity index (χ4n) is 4.61. The van der Waals surface area contributed by atoms with Gasteiger partial charge in [0.15, 0.2) is 0 Å². The molecule has 0 atom stereocenters. The summed E-state index contributed by atoms with van der Waals surface area (Å²) < 4.78 is 0. The average molecular weight is 417 g/mol. The molecular weight excluding hydrogens is 384 g/mol. The fourth-order valence-corrected chi connectivity index (χ4v) is 4.61. The van der Waals surface area contributed by atoms with Crippen LogP contribution in [0.2, 0.25) is 0 Å². The standard InChI is InChI=1S/C27H32N2O2/c1-3-15-28-26(31)27(13-16-29(17-14-27)25(30)23-11-12-23)19-21-7-9-22(10-8-21)24-6-4-5-20(2)18-24/h3-10,18,23H,1,11-17,19H2,2H3,(H,28,31). The number of carbonyl (C=O) groups excluding carboxylic acids is 2. The minimum atomic E-state index is -0.478. The van der Waals surface area contributed by atoms with Crippen molar-refractivity contribution in [3.8, 4) is 11.1 Å². The molecule has 0 spiro atoms. The Bertz CT molecular complexity index is 951. The molecule has 1 saturated heterocycles. The van der Waals surface area contributed by atoms with Gasteiger partial charge < -0.3 is 10.2 Å². The van der Waals surface area contributed by atoms with Gasteiger partial charge in [-0.25, -0.2) is 0 Å².